The van der Waals surface area contributed by atoms with Crippen molar-refractivity contribution in [2.24, 2.45) is 0 Å². The molecule has 0 aliphatic heterocycles. The zero-order chi connectivity index (χ0) is 17.5. The van der Waals surface area contributed by atoms with Crippen LogP contribution >= 0.6 is 0 Å². The molecule has 3 rings (SSSR count). The third kappa shape index (κ3) is 3.02. The van der Waals surface area contributed by atoms with Gasteiger partial charge in [0.2, 0.25) is 0 Å². The molecule has 1 aromatic carbocycles. The van der Waals surface area contributed by atoms with E-state index in [0.717, 1.165) is 22.6 Å². The zero-order valence-corrected chi connectivity index (χ0v) is 14.7. The summed E-state index contributed by atoms with van der Waals surface area (Å²) in [5.74, 6) is -0.212. The SMILES string of the molecule is Cc1cc2nc(C(=O)Nc3ccccc3C(C)(C)C)cc(C)n2n1. The van der Waals surface area contributed by atoms with E-state index < -0.39 is 0 Å². The number of para-hydroxylation sites is 1. The summed E-state index contributed by atoms with van der Waals surface area (Å²) in [5.41, 5.74) is 4.68. The van der Waals surface area contributed by atoms with Crippen molar-refractivity contribution in [2.75, 3.05) is 5.32 Å². The number of carbonyl (C=O) groups is 1. The standard InChI is InChI=1S/C19H22N4O/c1-12-10-17-20-16(11-13(2)23(17)22-12)18(24)21-15-9-7-6-8-14(15)19(3,4)5/h6-11H,1-5H3,(H,21,24). The molecule has 0 atom stereocenters. The second kappa shape index (κ2) is 5.74. The van der Waals surface area contributed by atoms with Crippen molar-refractivity contribution in [3.63, 3.8) is 0 Å². The highest BCUT2D eigenvalue weighted by molar-refractivity contribution is 6.03. The van der Waals surface area contributed by atoms with Crippen molar-refractivity contribution in [3.8, 4) is 0 Å². The van der Waals surface area contributed by atoms with Crippen LogP contribution in [0.5, 0.6) is 0 Å². The summed E-state index contributed by atoms with van der Waals surface area (Å²) in [7, 11) is 0. The molecule has 0 fully saturated rings. The Morgan fingerprint density at radius 1 is 1.12 bits per heavy atom. The van der Waals surface area contributed by atoms with E-state index in [9.17, 15) is 4.79 Å². The minimum atomic E-state index is -0.212. The highest BCUT2D eigenvalue weighted by Gasteiger charge is 2.20. The van der Waals surface area contributed by atoms with Crippen LogP contribution in [0.1, 0.15) is 48.2 Å². The third-order valence-corrected chi connectivity index (χ3v) is 3.94. The highest BCUT2D eigenvalue weighted by atomic mass is 16.1. The minimum absolute atomic E-state index is 0.0558. The average molecular weight is 322 g/mol. The molecule has 2 aromatic heterocycles. The van der Waals surface area contributed by atoms with Crippen LogP contribution in [0.2, 0.25) is 0 Å². The molecule has 0 radical (unpaired) electrons. The van der Waals surface area contributed by atoms with Gasteiger partial charge in [0.1, 0.15) is 5.69 Å². The van der Waals surface area contributed by atoms with Gasteiger partial charge >= 0.3 is 0 Å². The summed E-state index contributed by atoms with van der Waals surface area (Å²) in [5, 5.41) is 7.37. The molecule has 0 saturated heterocycles. The van der Waals surface area contributed by atoms with E-state index in [1.807, 2.05) is 44.2 Å². The summed E-state index contributed by atoms with van der Waals surface area (Å²) in [6.45, 7) is 10.2. The van der Waals surface area contributed by atoms with E-state index in [2.05, 4.69) is 36.2 Å². The van der Waals surface area contributed by atoms with Gasteiger partial charge in [0.05, 0.1) is 5.69 Å². The summed E-state index contributed by atoms with van der Waals surface area (Å²) in [6, 6.07) is 11.5. The molecule has 0 aliphatic carbocycles. The normalized spacial score (nSPS) is 11.7. The van der Waals surface area contributed by atoms with E-state index in [-0.39, 0.29) is 11.3 Å². The monoisotopic (exact) mass is 322 g/mol. The topological polar surface area (TPSA) is 59.3 Å². The number of nitrogens with zero attached hydrogens (tertiary/aromatic N) is 3. The predicted molar refractivity (Wildman–Crippen MR) is 95.6 cm³/mol. The Labute approximate surface area is 141 Å². The largest absolute Gasteiger partial charge is 0.320 e. The average Bonchev–Trinajstić information content (AvgIpc) is 2.87. The number of hydrogen-bond donors (Lipinski definition) is 1. The van der Waals surface area contributed by atoms with Crippen molar-refractivity contribution < 1.29 is 4.79 Å². The number of nitrogens with one attached hydrogen (secondary N) is 1. The molecule has 0 bridgehead atoms. The second-order valence-corrected chi connectivity index (χ2v) is 7.09. The number of anilines is 1. The van der Waals surface area contributed by atoms with E-state index in [1.54, 1.807) is 10.6 Å². The van der Waals surface area contributed by atoms with Crippen LogP contribution in [0.3, 0.4) is 0 Å². The smallest absolute Gasteiger partial charge is 0.274 e. The molecule has 124 valence electrons. The number of aryl methyl sites for hydroxylation is 2. The number of aromatic nitrogens is 3. The first-order chi connectivity index (χ1) is 11.3. The maximum atomic E-state index is 12.7. The maximum absolute atomic E-state index is 12.7. The summed E-state index contributed by atoms with van der Waals surface area (Å²) in [6.07, 6.45) is 0. The molecule has 24 heavy (non-hydrogen) atoms. The Kier molecular flexibility index (Phi) is 3.87. The van der Waals surface area contributed by atoms with Crippen LogP contribution in [-0.4, -0.2) is 20.5 Å². The molecule has 0 unspecified atom stereocenters. The lowest BCUT2D eigenvalue weighted by molar-refractivity contribution is 0.102. The number of fused-ring (bicyclic) bond motifs is 1. The van der Waals surface area contributed by atoms with Gasteiger partial charge in [-0.1, -0.05) is 39.0 Å². The van der Waals surface area contributed by atoms with Crippen LogP contribution in [0.15, 0.2) is 36.4 Å². The zero-order valence-electron chi connectivity index (χ0n) is 14.7. The Hall–Kier alpha value is -2.69. The highest BCUT2D eigenvalue weighted by Crippen LogP contribution is 2.29. The number of carbonyl (C=O) groups excluding carboxylic acids is 1. The van der Waals surface area contributed by atoms with E-state index >= 15 is 0 Å². The number of hydrogen-bond acceptors (Lipinski definition) is 3. The van der Waals surface area contributed by atoms with Crippen LogP contribution in [0.25, 0.3) is 5.65 Å². The predicted octanol–water partition coefficient (Wildman–Crippen LogP) is 3.90. The van der Waals surface area contributed by atoms with E-state index in [1.165, 1.54) is 0 Å². The lowest BCUT2D eigenvalue weighted by atomic mass is 9.86. The fourth-order valence-electron chi connectivity index (χ4n) is 2.79. The van der Waals surface area contributed by atoms with Gasteiger partial charge in [-0.25, -0.2) is 9.50 Å². The van der Waals surface area contributed by atoms with E-state index in [0.29, 0.717) is 11.3 Å². The number of amides is 1. The van der Waals surface area contributed by atoms with Gasteiger partial charge in [0, 0.05) is 17.4 Å². The Morgan fingerprint density at radius 3 is 2.54 bits per heavy atom. The van der Waals surface area contributed by atoms with Crippen LogP contribution in [0.4, 0.5) is 5.69 Å². The fraction of sp³-hybridized carbons (Fsp3) is 0.316. The van der Waals surface area contributed by atoms with Gasteiger partial charge in [-0.2, -0.15) is 5.10 Å². The first-order valence-corrected chi connectivity index (χ1v) is 8.00. The quantitative estimate of drug-likeness (QED) is 0.778. The number of rotatable bonds is 2. The van der Waals surface area contributed by atoms with E-state index in [4.69, 9.17) is 0 Å². The fourth-order valence-corrected chi connectivity index (χ4v) is 2.79. The van der Waals surface area contributed by atoms with Crippen LogP contribution < -0.4 is 5.32 Å². The third-order valence-electron chi connectivity index (χ3n) is 3.94. The Balaban J connectivity index is 1.97. The van der Waals surface area contributed by atoms with Gasteiger partial charge in [-0.3, -0.25) is 4.79 Å². The molecule has 1 N–H and O–H groups in total. The summed E-state index contributed by atoms with van der Waals surface area (Å²) < 4.78 is 1.75. The molecule has 5 heteroatoms. The molecule has 3 aromatic rings. The lowest BCUT2D eigenvalue weighted by Gasteiger charge is -2.22. The molecular weight excluding hydrogens is 300 g/mol. The van der Waals surface area contributed by atoms with Crippen molar-refractivity contribution in [1.82, 2.24) is 14.6 Å². The van der Waals surface area contributed by atoms with Crippen LogP contribution in [0, 0.1) is 13.8 Å². The van der Waals surface area contributed by atoms with Gasteiger partial charge in [-0.15, -0.1) is 0 Å². The molecular formula is C19H22N4O. The van der Waals surface area contributed by atoms with Crippen molar-refractivity contribution >= 4 is 17.2 Å². The Bertz CT molecular complexity index is 919. The summed E-state index contributed by atoms with van der Waals surface area (Å²) >= 11 is 0. The molecule has 2 heterocycles. The number of benzene rings is 1. The maximum Gasteiger partial charge on any atom is 0.274 e. The second-order valence-electron chi connectivity index (χ2n) is 7.09. The Morgan fingerprint density at radius 2 is 1.83 bits per heavy atom. The van der Waals surface area contributed by atoms with Gasteiger partial charge in [0.25, 0.3) is 5.91 Å². The van der Waals surface area contributed by atoms with Crippen molar-refractivity contribution in [3.05, 3.63) is 59.0 Å². The lowest BCUT2D eigenvalue weighted by Crippen LogP contribution is -2.20. The van der Waals surface area contributed by atoms with Crippen molar-refractivity contribution in [2.45, 2.75) is 40.0 Å². The molecule has 5 nitrogen and oxygen atoms in total. The first-order valence-electron chi connectivity index (χ1n) is 8.00. The van der Waals surface area contributed by atoms with Crippen LogP contribution in [-0.2, 0) is 5.41 Å². The van der Waals surface area contributed by atoms with Gasteiger partial charge < -0.3 is 5.32 Å². The minimum Gasteiger partial charge on any atom is -0.320 e. The first kappa shape index (κ1) is 16.2. The van der Waals surface area contributed by atoms with Gasteiger partial charge in [0.15, 0.2) is 5.65 Å². The summed E-state index contributed by atoms with van der Waals surface area (Å²) in [4.78, 5) is 17.1. The molecule has 1 amide bonds. The molecule has 0 aliphatic rings. The molecule has 0 saturated carbocycles. The van der Waals surface area contributed by atoms with Gasteiger partial charge in [-0.05, 0) is 37.0 Å². The molecule has 0 spiro atoms. The van der Waals surface area contributed by atoms with Crippen molar-refractivity contribution in [1.29, 1.82) is 0 Å².